The summed E-state index contributed by atoms with van der Waals surface area (Å²) in [6, 6.07) is 0. The quantitative estimate of drug-likeness (QED) is 0.395. The van der Waals surface area contributed by atoms with E-state index in [1.807, 2.05) is 13.0 Å². The van der Waals surface area contributed by atoms with Crippen molar-refractivity contribution in [1.82, 2.24) is 0 Å². The molecule has 4 bridgehead atoms. The first-order valence-corrected chi connectivity index (χ1v) is 9.49. The molecule has 5 fully saturated rings. The number of carbonyl (C=O) groups is 1. The zero-order valence-corrected chi connectivity index (χ0v) is 14.9. The molecule has 2 saturated heterocycles. The molecular formula is C20H26O6. The summed E-state index contributed by atoms with van der Waals surface area (Å²) in [6.07, 6.45) is 2.21. The molecule has 4 N–H and O–H groups in total. The molecule has 0 aromatic carbocycles. The number of allylic oxidation sites excluding steroid dienone is 1. The molecule has 6 nitrogen and oxygen atoms in total. The Bertz CT molecular complexity index is 759. The summed E-state index contributed by atoms with van der Waals surface area (Å²) < 4.78 is 5.82. The highest BCUT2D eigenvalue weighted by Gasteiger charge is 2.83. The fourth-order valence-corrected chi connectivity index (χ4v) is 7.26. The minimum absolute atomic E-state index is 0.112. The minimum atomic E-state index is -2.20. The lowest BCUT2D eigenvalue weighted by Crippen LogP contribution is -2.81. The van der Waals surface area contributed by atoms with Crippen molar-refractivity contribution in [2.24, 2.45) is 28.1 Å². The van der Waals surface area contributed by atoms with Crippen LogP contribution in [0.1, 0.15) is 32.6 Å². The number of hydrogen-bond donors (Lipinski definition) is 4. The van der Waals surface area contributed by atoms with Crippen molar-refractivity contribution in [2.45, 2.75) is 50.6 Å². The third kappa shape index (κ3) is 1.40. The molecular weight excluding hydrogens is 336 g/mol. The number of carbonyl (C=O) groups excluding carboxylic acids is 1. The molecule has 4 aliphatic carbocycles. The molecule has 3 saturated carbocycles. The predicted octanol–water partition coefficient (Wildman–Crippen LogP) is 0.297. The fourth-order valence-electron chi connectivity index (χ4n) is 7.26. The summed E-state index contributed by atoms with van der Waals surface area (Å²) in [4.78, 5) is 13.3. The van der Waals surface area contributed by atoms with Gasteiger partial charge in [-0.3, -0.25) is 4.79 Å². The van der Waals surface area contributed by atoms with Crippen molar-refractivity contribution in [3.05, 3.63) is 23.8 Å². The van der Waals surface area contributed by atoms with Crippen molar-refractivity contribution in [3.8, 4) is 0 Å². The minimum Gasteiger partial charge on any atom is -0.396 e. The van der Waals surface area contributed by atoms with Gasteiger partial charge in [0.15, 0.2) is 5.78 Å². The Kier molecular flexibility index (Phi) is 3.07. The van der Waals surface area contributed by atoms with Gasteiger partial charge in [0.2, 0.25) is 5.79 Å². The molecule has 2 heterocycles. The van der Waals surface area contributed by atoms with E-state index >= 15 is 0 Å². The van der Waals surface area contributed by atoms with E-state index in [2.05, 4.69) is 6.58 Å². The molecule has 0 aromatic rings. The lowest BCUT2D eigenvalue weighted by molar-refractivity contribution is -0.404. The third-order valence-electron chi connectivity index (χ3n) is 8.37. The Morgan fingerprint density at radius 2 is 2.04 bits per heavy atom. The molecule has 0 unspecified atom stereocenters. The number of fused-ring (bicyclic) bond motifs is 2. The number of aliphatic hydroxyl groups is 4. The molecule has 6 rings (SSSR count). The van der Waals surface area contributed by atoms with Gasteiger partial charge in [0.05, 0.1) is 12.7 Å². The van der Waals surface area contributed by atoms with E-state index in [4.69, 9.17) is 4.74 Å². The van der Waals surface area contributed by atoms with Crippen LogP contribution in [0.15, 0.2) is 23.8 Å². The van der Waals surface area contributed by atoms with Crippen LogP contribution in [0.2, 0.25) is 0 Å². The van der Waals surface area contributed by atoms with E-state index in [0.29, 0.717) is 24.0 Å². The Balaban J connectivity index is 1.82. The van der Waals surface area contributed by atoms with Crippen LogP contribution in [0, 0.1) is 28.1 Å². The van der Waals surface area contributed by atoms with Crippen LogP contribution >= 0.6 is 0 Å². The van der Waals surface area contributed by atoms with E-state index in [-0.39, 0.29) is 13.2 Å². The Morgan fingerprint density at radius 1 is 1.31 bits per heavy atom. The van der Waals surface area contributed by atoms with Crippen molar-refractivity contribution in [2.75, 3.05) is 13.2 Å². The van der Waals surface area contributed by atoms with Crippen molar-refractivity contribution in [3.63, 3.8) is 0 Å². The molecule has 0 radical (unpaired) electrons. The molecule has 2 spiro atoms. The number of rotatable bonds is 1. The average molecular weight is 362 g/mol. The largest absolute Gasteiger partial charge is 0.396 e. The topological polar surface area (TPSA) is 107 Å². The lowest BCUT2D eigenvalue weighted by Gasteiger charge is -2.71. The second kappa shape index (κ2) is 4.67. The molecule has 6 aliphatic rings. The normalized spacial score (nSPS) is 57.7. The number of hydrogen-bond acceptors (Lipinski definition) is 6. The van der Waals surface area contributed by atoms with Gasteiger partial charge in [0.1, 0.15) is 11.5 Å². The van der Waals surface area contributed by atoms with Crippen molar-refractivity contribution < 1.29 is 30.0 Å². The zero-order chi connectivity index (χ0) is 18.7. The lowest BCUT2D eigenvalue weighted by atomic mass is 9.39. The highest BCUT2D eigenvalue weighted by atomic mass is 16.6. The summed E-state index contributed by atoms with van der Waals surface area (Å²) in [5, 5.41) is 44.0. The van der Waals surface area contributed by atoms with Crippen molar-refractivity contribution in [1.29, 1.82) is 0 Å². The van der Waals surface area contributed by atoms with E-state index in [9.17, 15) is 25.2 Å². The van der Waals surface area contributed by atoms with Gasteiger partial charge in [-0.1, -0.05) is 26.0 Å². The first kappa shape index (κ1) is 17.1. The van der Waals surface area contributed by atoms with E-state index in [1.54, 1.807) is 0 Å². The van der Waals surface area contributed by atoms with E-state index < -0.39 is 51.9 Å². The maximum absolute atomic E-state index is 13.3. The number of ketones is 1. The molecule has 26 heavy (non-hydrogen) atoms. The maximum atomic E-state index is 13.3. The van der Waals surface area contributed by atoms with Crippen LogP contribution in [0.5, 0.6) is 0 Å². The monoisotopic (exact) mass is 362 g/mol. The maximum Gasteiger partial charge on any atom is 0.212 e. The van der Waals surface area contributed by atoms with Gasteiger partial charge in [0, 0.05) is 23.9 Å². The molecule has 0 amide bonds. The Hall–Kier alpha value is -1.05. The van der Waals surface area contributed by atoms with Gasteiger partial charge in [-0.2, -0.15) is 0 Å². The number of Topliss-reactive ketones (excluding diaryl/α,β-unsaturated/α-hetero) is 1. The van der Waals surface area contributed by atoms with E-state index in [1.165, 1.54) is 0 Å². The van der Waals surface area contributed by atoms with Crippen LogP contribution < -0.4 is 0 Å². The van der Waals surface area contributed by atoms with Gasteiger partial charge >= 0.3 is 0 Å². The first-order chi connectivity index (χ1) is 12.2. The first-order valence-electron chi connectivity index (χ1n) is 9.49. The summed E-state index contributed by atoms with van der Waals surface area (Å²) in [5.41, 5.74) is -1.91. The van der Waals surface area contributed by atoms with Crippen LogP contribution in [0.3, 0.4) is 0 Å². The highest BCUT2D eigenvalue weighted by molar-refractivity contribution is 6.07. The average Bonchev–Trinajstić information content (AvgIpc) is 2.73. The molecule has 2 aliphatic heterocycles. The van der Waals surface area contributed by atoms with Crippen LogP contribution in [0.4, 0.5) is 0 Å². The molecule has 142 valence electrons. The predicted molar refractivity (Wildman–Crippen MR) is 90.7 cm³/mol. The highest BCUT2D eigenvalue weighted by Crippen LogP contribution is 2.75. The van der Waals surface area contributed by atoms with Gasteiger partial charge in [-0.05, 0) is 35.8 Å². The summed E-state index contributed by atoms with van der Waals surface area (Å²) in [6.45, 7) is 5.87. The third-order valence-corrected chi connectivity index (χ3v) is 8.37. The second-order valence-electron chi connectivity index (χ2n) is 9.30. The molecule has 0 aromatic heterocycles. The smallest absolute Gasteiger partial charge is 0.212 e. The summed E-state index contributed by atoms with van der Waals surface area (Å²) in [5.74, 6) is -3.50. The van der Waals surface area contributed by atoms with Gasteiger partial charge in [-0.15, -0.1) is 0 Å². The molecule has 6 heteroatoms. The van der Waals surface area contributed by atoms with Crippen LogP contribution in [-0.4, -0.2) is 57.4 Å². The standard InChI is InChI=1S/C20H26O6/c1-10-11-4-5-12-18-7-3-6-17(2,8-21)13(18)16(24)20(25,26-9-18)19(12,14(10)22)15(11)23/h5,11,13,15-16,21,23-25H,1,3-4,6-9H2,2H3/t11-,13+,15+,16-,17+,18+,19-,20+/m0/s1. The summed E-state index contributed by atoms with van der Waals surface area (Å²) in [7, 11) is 0. The molecule has 8 atom stereocenters. The van der Waals surface area contributed by atoms with Crippen molar-refractivity contribution >= 4 is 5.78 Å². The van der Waals surface area contributed by atoms with E-state index in [0.717, 1.165) is 12.8 Å². The number of ether oxygens (including phenoxy) is 1. The Morgan fingerprint density at radius 3 is 2.73 bits per heavy atom. The second-order valence-corrected chi connectivity index (χ2v) is 9.30. The van der Waals surface area contributed by atoms with Gasteiger partial charge < -0.3 is 25.2 Å². The fraction of sp³-hybridized carbons (Fsp3) is 0.750. The number of aliphatic hydroxyl groups excluding tert-OH is 3. The van der Waals surface area contributed by atoms with Crippen LogP contribution in [-0.2, 0) is 9.53 Å². The van der Waals surface area contributed by atoms with Gasteiger partial charge in [-0.25, -0.2) is 0 Å². The summed E-state index contributed by atoms with van der Waals surface area (Å²) >= 11 is 0. The van der Waals surface area contributed by atoms with Gasteiger partial charge in [0.25, 0.3) is 0 Å². The van der Waals surface area contributed by atoms with Crippen LogP contribution in [0.25, 0.3) is 0 Å². The zero-order valence-electron chi connectivity index (χ0n) is 14.9. The SMILES string of the molecule is C=C1C(=O)[C@@]23C(=CC[C@@H]1[C@H]2O)[C@]12CCC[C@](C)(CO)[C@H]1[C@H](O)[C@@]3(O)OC2. The Labute approximate surface area is 152 Å².